The fourth-order valence-corrected chi connectivity index (χ4v) is 2.05. The van der Waals surface area contributed by atoms with E-state index in [2.05, 4.69) is 22.3 Å². The smallest absolute Gasteiger partial charge is 0.290 e. The van der Waals surface area contributed by atoms with Gasteiger partial charge in [0.05, 0.1) is 6.04 Å². The number of aryl methyl sites for hydroxylation is 1. The number of amides is 1. The van der Waals surface area contributed by atoms with Crippen molar-refractivity contribution in [1.82, 2.24) is 20.1 Å². The van der Waals surface area contributed by atoms with E-state index in [0.717, 1.165) is 18.8 Å². The van der Waals surface area contributed by atoms with Gasteiger partial charge in [-0.15, -0.1) is 0 Å². The van der Waals surface area contributed by atoms with Crippen molar-refractivity contribution in [2.45, 2.75) is 39.8 Å². The Kier molecular flexibility index (Phi) is 4.60. The Bertz CT molecular complexity index is 509. The van der Waals surface area contributed by atoms with Gasteiger partial charge in [-0.2, -0.15) is 5.10 Å². The molecule has 1 aromatic rings. The average Bonchev–Trinajstić information content (AvgIpc) is 2.88. The van der Waals surface area contributed by atoms with Crippen molar-refractivity contribution in [1.29, 1.82) is 0 Å². The van der Waals surface area contributed by atoms with E-state index in [0.29, 0.717) is 19.0 Å². The molecule has 0 saturated carbocycles. The van der Waals surface area contributed by atoms with Crippen LogP contribution < -0.4 is 5.32 Å². The van der Waals surface area contributed by atoms with Gasteiger partial charge in [-0.1, -0.05) is 6.92 Å². The lowest BCUT2D eigenvalue weighted by molar-refractivity contribution is -0.123. The first-order valence-electron chi connectivity index (χ1n) is 6.78. The molecule has 1 atom stereocenters. The van der Waals surface area contributed by atoms with E-state index in [1.807, 2.05) is 6.92 Å². The summed E-state index contributed by atoms with van der Waals surface area (Å²) in [7, 11) is 0. The molecule has 0 aromatic carbocycles. The highest BCUT2D eigenvalue weighted by Gasteiger charge is 2.23. The molecule has 0 saturated heterocycles. The van der Waals surface area contributed by atoms with Crippen molar-refractivity contribution in [3.8, 4) is 0 Å². The van der Waals surface area contributed by atoms with Crippen LogP contribution in [0.3, 0.4) is 0 Å². The van der Waals surface area contributed by atoms with Gasteiger partial charge in [0.15, 0.2) is 0 Å². The maximum atomic E-state index is 12.2. The molecule has 7 nitrogen and oxygen atoms in total. The van der Waals surface area contributed by atoms with E-state index in [4.69, 9.17) is 9.47 Å². The molecule has 1 unspecified atom stereocenters. The van der Waals surface area contributed by atoms with Crippen LogP contribution in [0.25, 0.3) is 0 Å². The van der Waals surface area contributed by atoms with Gasteiger partial charge in [0.2, 0.25) is 5.76 Å². The van der Waals surface area contributed by atoms with E-state index < -0.39 is 0 Å². The summed E-state index contributed by atoms with van der Waals surface area (Å²) in [6, 6.07) is -0.248. The Morgan fingerprint density at radius 2 is 2.25 bits per heavy atom. The minimum Gasteiger partial charge on any atom is -0.491 e. The predicted octanol–water partition coefficient (Wildman–Crippen LogP) is 1.14. The van der Waals surface area contributed by atoms with Crippen LogP contribution in [0.2, 0.25) is 0 Å². The molecule has 110 valence electrons. The summed E-state index contributed by atoms with van der Waals surface area (Å²) >= 11 is 0. The molecular weight excluding hydrogens is 260 g/mol. The molecule has 1 amide bonds. The summed E-state index contributed by atoms with van der Waals surface area (Å²) in [5.74, 6) is 1.19. The van der Waals surface area contributed by atoms with Gasteiger partial charge >= 0.3 is 0 Å². The SMILES string of the molecule is CCCn1ncnc1C(C)NC(=O)C1=C(C)OCCO1. The number of nitrogens with zero attached hydrogens (tertiary/aromatic N) is 3. The first kappa shape index (κ1) is 14.4. The third-order valence-electron chi connectivity index (χ3n) is 2.99. The number of carbonyl (C=O) groups is 1. The topological polar surface area (TPSA) is 78.3 Å². The van der Waals surface area contributed by atoms with Crippen LogP contribution in [0.1, 0.15) is 39.1 Å². The normalized spacial score (nSPS) is 16.4. The number of hydrogen-bond donors (Lipinski definition) is 1. The Morgan fingerprint density at radius 1 is 1.50 bits per heavy atom. The summed E-state index contributed by atoms with van der Waals surface area (Å²) in [6.45, 7) is 7.29. The molecule has 1 aliphatic rings. The summed E-state index contributed by atoms with van der Waals surface area (Å²) in [4.78, 5) is 16.4. The monoisotopic (exact) mass is 280 g/mol. The summed E-state index contributed by atoms with van der Waals surface area (Å²) in [6.07, 6.45) is 2.45. The largest absolute Gasteiger partial charge is 0.491 e. The van der Waals surface area contributed by atoms with E-state index in [1.54, 1.807) is 11.6 Å². The van der Waals surface area contributed by atoms with Gasteiger partial charge in [-0.3, -0.25) is 4.79 Å². The molecule has 0 radical (unpaired) electrons. The molecule has 1 aliphatic heterocycles. The fourth-order valence-electron chi connectivity index (χ4n) is 2.05. The highest BCUT2D eigenvalue weighted by atomic mass is 16.6. The summed E-state index contributed by atoms with van der Waals surface area (Å²) in [5, 5.41) is 7.00. The van der Waals surface area contributed by atoms with Crippen LogP contribution in [0.4, 0.5) is 0 Å². The Hall–Kier alpha value is -2.05. The molecule has 2 rings (SSSR count). The third-order valence-corrected chi connectivity index (χ3v) is 2.99. The zero-order chi connectivity index (χ0) is 14.5. The first-order valence-corrected chi connectivity index (χ1v) is 6.78. The maximum absolute atomic E-state index is 12.2. The zero-order valence-corrected chi connectivity index (χ0v) is 12.0. The molecule has 1 N–H and O–H groups in total. The van der Waals surface area contributed by atoms with Gasteiger partial charge in [0.1, 0.15) is 31.1 Å². The molecule has 0 bridgehead atoms. The second kappa shape index (κ2) is 6.40. The standard InChI is InChI=1S/C13H20N4O3/c1-4-5-17-12(14-8-15-17)9(2)16-13(18)11-10(3)19-6-7-20-11/h8-9H,4-7H2,1-3H3,(H,16,18). The highest BCUT2D eigenvalue weighted by molar-refractivity contribution is 5.92. The quantitative estimate of drug-likeness (QED) is 0.875. The van der Waals surface area contributed by atoms with Crippen LogP contribution >= 0.6 is 0 Å². The Morgan fingerprint density at radius 3 is 2.95 bits per heavy atom. The second-order valence-corrected chi connectivity index (χ2v) is 4.62. The fraction of sp³-hybridized carbons (Fsp3) is 0.615. The minimum absolute atomic E-state index is 0.240. The number of carbonyl (C=O) groups excluding carboxylic acids is 1. The van der Waals surface area contributed by atoms with Crippen molar-refractivity contribution in [3.63, 3.8) is 0 Å². The third kappa shape index (κ3) is 3.09. The Labute approximate surface area is 118 Å². The van der Waals surface area contributed by atoms with Crippen LogP contribution in [0, 0.1) is 0 Å². The van der Waals surface area contributed by atoms with E-state index in [1.165, 1.54) is 6.33 Å². The molecule has 0 spiro atoms. The lowest BCUT2D eigenvalue weighted by atomic mass is 10.2. The highest BCUT2D eigenvalue weighted by Crippen LogP contribution is 2.15. The lowest BCUT2D eigenvalue weighted by Crippen LogP contribution is -2.33. The maximum Gasteiger partial charge on any atom is 0.290 e. The van der Waals surface area contributed by atoms with Gasteiger partial charge in [-0.05, 0) is 20.3 Å². The molecule has 1 aromatic heterocycles. The van der Waals surface area contributed by atoms with Crippen molar-refractivity contribution in [2.24, 2.45) is 0 Å². The minimum atomic E-state index is -0.291. The second-order valence-electron chi connectivity index (χ2n) is 4.62. The summed E-state index contributed by atoms with van der Waals surface area (Å²) in [5.41, 5.74) is 0. The Balaban J connectivity index is 2.05. The van der Waals surface area contributed by atoms with Crippen molar-refractivity contribution >= 4 is 5.91 Å². The molecule has 7 heteroatoms. The molecular formula is C13H20N4O3. The van der Waals surface area contributed by atoms with E-state index >= 15 is 0 Å². The van der Waals surface area contributed by atoms with Crippen molar-refractivity contribution in [2.75, 3.05) is 13.2 Å². The van der Waals surface area contributed by atoms with Crippen LogP contribution in [-0.4, -0.2) is 33.9 Å². The van der Waals surface area contributed by atoms with Crippen LogP contribution in [0.15, 0.2) is 17.8 Å². The summed E-state index contributed by atoms with van der Waals surface area (Å²) < 4.78 is 12.5. The molecule has 20 heavy (non-hydrogen) atoms. The average molecular weight is 280 g/mol. The van der Waals surface area contributed by atoms with Crippen LogP contribution in [0.5, 0.6) is 0 Å². The zero-order valence-electron chi connectivity index (χ0n) is 12.0. The molecule has 2 heterocycles. The molecule has 0 aliphatic carbocycles. The number of allylic oxidation sites excluding steroid dienone is 1. The first-order chi connectivity index (χ1) is 9.63. The number of ether oxygens (including phenoxy) is 2. The van der Waals surface area contributed by atoms with Gasteiger partial charge in [-0.25, -0.2) is 9.67 Å². The van der Waals surface area contributed by atoms with Gasteiger partial charge in [0.25, 0.3) is 5.91 Å². The van der Waals surface area contributed by atoms with E-state index in [9.17, 15) is 4.79 Å². The van der Waals surface area contributed by atoms with Crippen molar-refractivity contribution in [3.05, 3.63) is 23.7 Å². The van der Waals surface area contributed by atoms with Crippen molar-refractivity contribution < 1.29 is 14.3 Å². The van der Waals surface area contributed by atoms with Gasteiger partial charge in [0, 0.05) is 6.54 Å². The van der Waals surface area contributed by atoms with Crippen LogP contribution in [-0.2, 0) is 20.8 Å². The number of rotatable bonds is 5. The van der Waals surface area contributed by atoms with E-state index in [-0.39, 0.29) is 17.7 Å². The number of nitrogens with one attached hydrogen (secondary N) is 1. The molecule has 0 fully saturated rings. The number of hydrogen-bond acceptors (Lipinski definition) is 5. The lowest BCUT2D eigenvalue weighted by Gasteiger charge is -2.21. The predicted molar refractivity (Wildman–Crippen MR) is 71.5 cm³/mol. The number of aromatic nitrogens is 3. The van der Waals surface area contributed by atoms with Gasteiger partial charge < -0.3 is 14.8 Å².